The van der Waals surface area contributed by atoms with Gasteiger partial charge in [0.05, 0.1) is 17.8 Å². The van der Waals surface area contributed by atoms with Gasteiger partial charge in [0.1, 0.15) is 17.5 Å². The van der Waals surface area contributed by atoms with Crippen molar-refractivity contribution in [1.29, 1.82) is 5.26 Å². The lowest BCUT2D eigenvalue weighted by Crippen LogP contribution is -2.29. The summed E-state index contributed by atoms with van der Waals surface area (Å²) < 4.78 is 3.57. The molecule has 0 spiro atoms. The molecule has 0 aliphatic heterocycles. The normalized spacial score (nSPS) is 24.4. The molecule has 0 aromatic carbocycles. The molecule has 1 aliphatic rings. The van der Waals surface area contributed by atoms with Gasteiger partial charge in [-0.1, -0.05) is 0 Å². The third-order valence-corrected chi connectivity index (χ3v) is 4.29. The van der Waals surface area contributed by atoms with Crippen LogP contribution in [0.25, 0.3) is 0 Å². The number of aromatic nitrogens is 4. The van der Waals surface area contributed by atoms with E-state index in [-0.39, 0.29) is 6.04 Å². The maximum atomic E-state index is 10.3. The van der Waals surface area contributed by atoms with Gasteiger partial charge in [-0.15, -0.1) is 0 Å². The van der Waals surface area contributed by atoms with Crippen molar-refractivity contribution in [2.24, 2.45) is 13.0 Å². The summed E-state index contributed by atoms with van der Waals surface area (Å²) in [5.41, 5.74) is 1.25. The fourth-order valence-corrected chi connectivity index (χ4v) is 3.23. The fourth-order valence-electron chi connectivity index (χ4n) is 3.23. The predicted molar refractivity (Wildman–Crippen MR) is 81.0 cm³/mol. The summed E-state index contributed by atoms with van der Waals surface area (Å²) in [5, 5.41) is 31.4. The van der Waals surface area contributed by atoms with Crippen molar-refractivity contribution in [2.45, 2.75) is 38.5 Å². The third-order valence-electron chi connectivity index (χ3n) is 4.29. The number of aliphatic hydroxyl groups is 1. The lowest BCUT2D eigenvalue weighted by Gasteiger charge is -2.18. The summed E-state index contributed by atoms with van der Waals surface area (Å²) in [4.78, 5) is 0. The van der Waals surface area contributed by atoms with E-state index in [1.54, 1.807) is 17.9 Å². The quantitative estimate of drug-likeness (QED) is 0.880. The molecule has 2 N–H and O–H groups in total. The fraction of sp³-hybridized carbons (Fsp3) is 0.533. The van der Waals surface area contributed by atoms with Crippen LogP contribution < -0.4 is 5.32 Å². The lowest BCUT2D eigenvalue weighted by molar-refractivity contribution is 0.165. The number of aliphatic hydroxyl groups excluding tert-OH is 1. The number of hydrogen-bond acceptors (Lipinski definition) is 5. The first-order valence-corrected chi connectivity index (χ1v) is 7.44. The molecule has 22 heavy (non-hydrogen) atoms. The lowest BCUT2D eigenvalue weighted by atomic mass is 10.1. The second-order valence-corrected chi connectivity index (χ2v) is 5.93. The molecule has 3 atom stereocenters. The van der Waals surface area contributed by atoms with E-state index in [0.717, 1.165) is 19.4 Å². The molecule has 0 radical (unpaired) electrons. The van der Waals surface area contributed by atoms with Gasteiger partial charge >= 0.3 is 0 Å². The molecule has 7 nitrogen and oxygen atoms in total. The molecule has 7 heteroatoms. The van der Waals surface area contributed by atoms with E-state index in [0.29, 0.717) is 23.0 Å². The van der Waals surface area contributed by atoms with Crippen LogP contribution in [0.3, 0.4) is 0 Å². The molecule has 0 bridgehead atoms. The van der Waals surface area contributed by atoms with Crippen LogP contribution in [0.1, 0.15) is 24.1 Å². The smallest absolute Gasteiger partial charge is 0.142 e. The highest BCUT2D eigenvalue weighted by Gasteiger charge is 2.34. The molecule has 2 heterocycles. The van der Waals surface area contributed by atoms with E-state index in [4.69, 9.17) is 0 Å². The van der Waals surface area contributed by atoms with Gasteiger partial charge < -0.3 is 10.4 Å². The van der Waals surface area contributed by atoms with E-state index < -0.39 is 6.10 Å². The minimum atomic E-state index is -0.428. The highest BCUT2D eigenvalue weighted by molar-refractivity contribution is 5.55. The Hall–Kier alpha value is -2.33. The van der Waals surface area contributed by atoms with Gasteiger partial charge in [0.2, 0.25) is 0 Å². The van der Waals surface area contributed by atoms with Crippen molar-refractivity contribution in [2.75, 3.05) is 5.32 Å². The molecule has 3 rings (SSSR count). The van der Waals surface area contributed by atoms with Crippen molar-refractivity contribution in [3.63, 3.8) is 0 Å². The maximum absolute atomic E-state index is 10.3. The van der Waals surface area contributed by atoms with E-state index in [1.807, 2.05) is 23.9 Å². The highest BCUT2D eigenvalue weighted by atomic mass is 16.3. The second kappa shape index (κ2) is 5.81. The summed E-state index contributed by atoms with van der Waals surface area (Å²) in [5.74, 6) is 1.05. The number of nitriles is 1. The molecule has 2 aromatic heterocycles. The topological polar surface area (TPSA) is 91.7 Å². The molecule has 0 amide bonds. The number of aryl methyl sites for hydroxylation is 2. The molecular weight excluding hydrogens is 280 g/mol. The van der Waals surface area contributed by atoms with Crippen LogP contribution in [0.15, 0.2) is 18.5 Å². The number of hydrogen-bond donors (Lipinski definition) is 2. The van der Waals surface area contributed by atoms with Crippen LogP contribution in [-0.4, -0.2) is 36.8 Å². The van der Waals surface area contributed by atoms with Crippen molar-refractivity contribution in [1.82, 2.24) is 19.6 Å². The monoisotopic (exact) mass is 300 g/mol. The first-order valence-electron chi connectivity index (χ1n) is 7.44. The molecule has 1 aliphatic carbocycles. The van der Waals surface area contributed by atoms with E-state index >= 15 is 0 Å². The van der Waals surface area contributed by atoms with Crippen LogP contribution in [0.2, 0.25) is 0 Å². The average Bonchev–Trinajstić information content (AvgIpc) is 3.14. The van der Waals surface area contributed by atoms with Crippen molar-refractivity contribution >= 4 is 5.82 Å². The molecule has 1 fully saturated rings. The number of anilines is 1. The Labute approximate surface area is 129 Å². The van der Waals surface area contributed by atoms with Crippen LogP contribution in [-0.2, 0) is 13.6 Å². The summed E-state index contributed by atoms with van der Waals surface area (Å²) >= 11 is 0. The third kappa shape index (κ3) is 2.70. The van der Waals surface area contributed by atoms with Crippen LogP contribution in [0, 0.1) is 24.2 Å². The summed E-state index contributed by atoms with van der Waals surface area (Å²) in [6, 6.07) is 4.01. The summed E-state index contributed by atoms with van der Waals surface area (Å²) in [7, 11) is 1.80. The summed E-state index contributed by atoms with van der Waals surface area (Å²) in [6.45, 7) is 2.62. The Balaban J connectivity index is 1.70. The van der Waals surface area contributed by atoms with Crippen LogP contribution in [0.4, 0.5) is 5.82 Å². The van der Waals surface area contributed by atoms with Crippen molar-refractivity contribution < 1.29 is 5.11 Å². The molecule has 2 aromatic rings. The maximum Gasteiger partial charge on any atom is 0.142 e. The summed E-state index contributed by atoms with van der Waals surface area (Å²) in [6.07, 6.45) is 4.85. The van der Waals surface area contributed by atoms with Crippen LogP contribution >= 0.6 is 0 Å². The van der Waals surface area contributed by atoms with Gasteiger partial charge in [-0.05, 0) is 31.7 Å². The molecule has 116 valence electrons. The van der Waals surface area contributed by atoms with Crippen LogP contribution in [0.5, 0.6) is 0 Å². The number of nitrogens with zero attached hydrogens (tertiary/aromatic N) is 5. The van der Waals surface area contributed by atoms with E-state index in [2.05, 4.69) is 21.6 Å². The highest BCUT2D eigenvalue weighted by Crippen LogP contribution is 2.31. The van der Waals surface area contributed by atoms with Gasteiger partial charge in [-0.2, -0.15) is 15.5 Å². The zero-order valence-corrected chi connectivity index (χ0v) is 12.8. The molecule has 1 saturated carbocycles. The Morgan fingerprint density at radius 3 is 3.00 bits per heavy atom. The number of rotatable bonds is 4. The standard InChI is InChI=1S/C15H20N6O/c1-10-12(8-16)15(20(2)19-10)18-13-6-11(7-14(13)22)9-21-5-3-4-17-21/h3-5,11,13-14,18,22H,6-7,9H2,1-2H3/t11?,13-,14-/m1/s1. The second-order valence-electron chi connectivity index (χ2n) is 5.93. The van der Waals surface area contributed by atoms with E-state index in [1.165, 1.54) is 0 Å². The Bertz CT molecular complexity index is 684. The van der Waals surface area contributed by atoms with Gasteiger partial charge in [-0.3, -0.25) is 9.36 Å². The Morgan fingerprint density at radius 2 is 2.32 bits per heavy atom. The predicted octanol–water partition coefficient (Wildman–Crippen LogP) is 1.05. The minimum Gasteiger partial charge on any atom is -0.391 e. The van der Waals surface area contributed by atoms with Gasteiger partial charge in [0.15, 0.2) is 0 Å². The largest absolute Gasteiger partial charge is 0.391 e. The first kappa shape index (κ1) is 14.6. The van der Waals surface area contributed by atoms with Gasteiger partial charge in [0, 0.05) is 26.0 Å². The zero-order valence-electron chi connectivity index (χ0n) is 12.8. The molecule has 0 saturated heterocycles. The Morgan fingerprint density at radius 1 is 1.50 bits per heavy atom. The van der Waals surface area contributed by atoms with E-state index in [9.17, 15) is 10.4 Å². The van der Waals surface area contributed by atoms with Crippen molar-refractivity contribution in [3.05, 3.63) is 29.7 Å². The number of nitrogens with one attached hydrogen (secondary N) is 1. The Kier molecular flexibility index (Phi) is 3.86. The molecule has 1 unspecified atom stereocenters. The minimum absolute atomic E-state index is 0.0672. The van der Waals surface area contributed by atoms with Crippen molar-refractivity contribution in [3.8, 4) is 6.07 Å². The SMILES string of the molecule is Cc1nn(C)c(N[C@@H]2CC(Cn3cccn3)C[C@H]2O)c1C#N. The van der Waals surface area contributed by atoms with Gasteiger partial charge in [0.25, 0.3) is 0 Å². The zero-order chi connectivity index (χ0) is 15.7. The average molecular weight is 300 g/mol. The van der Waals surface area contributed by atoms with Gasteiger partial charge in [-0.25, -0.2) is 0 Å². The first-order chi connectivity index (χ1) is 10.6. The molecular formula is C15H20N6O.